The van der Waals surface area contributed by atoms with Crippen molar-refractivity contribution >= 4 is 28.0 Å². The number of rotatable bonds is 4. The van der Waals surface area contributed by atoms with E-state index in [0.717, 1.165) is 66.2 Å². The van der Waals surface area contributed by atoms with Crippen molar-refractivity contribution in [2.45, 2.75) is 25.3 Å². The van der Waals surface area contributed by atoms with Crippen LogP contribution in [-0.4, -0.2) is 37.6 Å². The molecule has 7 heteroatoms. The van der Waals surface area contributed by atoms with Crippen LogP contribution in [0.25, 0.3) is 28.1 Å². The van der Waals surface area contributed by atoms with Crippen LogP contribution in [0.5, 0.6) is 0 Å². The lowest BCUT2D eigenvalue weighted by Gasteiger charge is -2.30. The van der Waals surface area contributed by atoms with Crippen LogP contribution in [0, 0.1) is 0 Å². The molecule has 0 atom stereocenters. The van der Waals surface area contributed by atoms with E-state index in [4.69, 9.17) is 9.40 Å². The summed E-state index contributed by atoms with van der Waals surface area (Å²) in [5, 5.41) is 8.78. The number of hydrogen-bond donors (Lipinski definition) is 0. The molecule has 1 aliphatic heterocycles. The number of thiazole rings is 1. The number of likely N-dealkylation sites (tertiary alicyclic amines) is 1. The Kier molecular flexibility index (Phi) is 4.35. The highest BCUT2D eigenvalue weighted by atomic mass is 32.1. The lowest BCUT2D eigenvalue weighted by molar-refractivity contribution is 0.202. The van der Waals surface area contributed by atoms with Gasteiger partial charge in [-0.15, -0.1) is 11.3 Å². The Labute approximate surface area is 177 Å². The van der Waals surface area contributed by atoms with Crippen LogP contribution < -0.4 is 0 Å². The Balaban J connectivity index is 1.12. The van der Waals surface area contributed by atoms with Gasteiger partial charge in [0.25, 0.3) is 0 Å². The zero-order valence-electron chi connectivity index (χ0n) is 16.4. The third kappa shape index (κ3) is 3.30. The topological polar surface area (TPSA) is 59.5 Å². The number of hydrogen-bond acceptors (Lipinski definition) is 6. The summed E-state index contributed by atoms with van der Waals surface area (Å²) in [6.45, 7) is 3.00. The molecule has 5 aromatic rings. The number of furan rings is 1. The van der Waals surface area contributed by atoms with E-state index < -0.39 is 0 Å². The second-order valence-corrected chi connectivity index (χ2v) is 8.72. The van der Waals surface area contributed by atoms with E-state index in [1.54, 1.807) is 17.5 Å². The normalized spacial score (nSPS) is 16.0. The van der Waals surface area contributed by atoms with Crippen LogP contribution in [0.4, 0.5) is 0 Å². The molecule has 4 aromatic heterocycles. The average molecular weight is 416 g/mol. The first-order valence-corrected chi connectivity index (χ1v) is 11.2. The van der Waals surface area contributed by atoms with Crippen molar-refractivity contribution in [3.8, 4) is 11.5 Å². The number of nitrogens with zero attached hydrogens (tertiary/aromatic N) is 5. The fourth-order valence-electron chi connectivity index (χ4n) is 4.22. The molecule has 1 saturated heterocycles. The van der Waals surface area contributed by atoms with Gasteiger partial charge in [0.15, 0.2) is 11.4 Å². The maximum atomic E-state index is 5.99. The van der Waals surface area contributed by atoms with E-state index in [-0.39, 0.29) is 0 Å². The Morgan fingerprint density at radius 1 is 1.07 bits per heavy atom. The molecule has 150 valence electrons. The fraction of sp³-hybridized carbons (Fsp3) is 0.261. The molecule has 5 heterocycles. The number of piperidine rings is 1. The molecule has 6 nitrogen and oxygen atoms in total. The molecule has 0 aliphatic carbocycles. The largest absolute Gasteiger partial charge is 0.454 e. The Morgan fingerprint density at radius 3 is 2.83 bits per heavy atom. The average Bonchev–Trinajstić information content (AvgIpc) is 3.51. The third-order valence-corrected chi connectivity index (χ3v) is 6.82. The second kappa shape index (κ2) is 7.34. The lowest BCUT2D eigenvalue weighted by atomic mass is 9.97. The fourth-order valence-corrected chi connectivity index (χ4v) is 5.20. The highest BCUT2D eigenvalue weighted by Gasteiger charge is 2.24. The first-order valence-electron chi connectivity index (χ1n) is 10.3. The maximum Gasteiger partial charge on any atom is 0.154 e. The number of fused-ring (bicyclic) bond motifs is 2. The van der Waals surface area contributed by atoms with Gasteiger partial charge >= 0.3 is 0 Å². The zero-order valence-corrected chi connectivity index (χ0v) is 17.3. The summed E-state index contributed by atoms with van der Waals surface area (Å²) in [5.74, 6) is 1.38. The van der Waals surface area contributed by atoms with E-state index in [0.29, 0.717) is 5.92 Å². The van der Waals surface area contributed by atoms with Crippen LogP contribution in [0.15, 0.2) is 64.7 Å². The highest BCUT2D eigenvalue weighted by molar-refractivity contribution is 7.10. The molecule has 1 aromatic carbocycles. The molecule has 30 heavy (non-hydrogen) atoms. The number of aromatic nitrogens is 4. The van der Waals surface area contributed by atoms with Crippen LogP contribution in [-0.2, 0) is 6.54 Å². The molecule has 0 N–H and O–H groups in total. The summed E-state index contributed by atoms with van der Waals surface area (Å²) in [6.07, 6.45) is 6.07. The van der Waals surface area contributed by atoms with E-state index >= 15 is 0 Å². The summed E-state index contributed by atoms with van der Waals surface area (Å²) in [6, 6.07) is 14.1. The van der Waals surface area contributed by atoms with Gasteiger partial charge in [-0.3, -0.25) is 4.90 Å². The van der Waals surface area contributed by atoms with Gasteiger partial charge in [-0.05, 0) is 50.2 Å². The number of benzene rings is 1. The molecule has 1 aliphatic rings. The van der Waals surface area contributed by atoms with Crippen LogP contribution in [0.3, 0.4) is 0 Å². The Morgan fingerprint density at radius 2 is 1.97 bits per heavy atom. The van der Waals surface area contributed by atoms with Gasteiger partial charge < -0.3 is 4.42 Å². The predicted molar refractivity (Wildman–Crippen MR) is 118 cm³/mol. The molecule has 0 unspecified atom stereocenters. The first kappa shape index (κ1) is 17.8. The van der Waals surface area contributed by atoms with Gasteiger partial charge in [-0.25, -0.2) is 14.5 Å². The van der Waals surface area contributed by atoms with Gasteiger partial charge in [0.2, 0.25) is 0 Å². The molecule has 6 rings (SSSR count). The van der Waals surface area contributed by atoms with Crippen molar-refractivity contribution in [2.75, 3.05) is 13.1 Å². The molecule has 0 amide bonds. The van der Waals surface area contributed by atoms with Gasteiger partial charge in [0, 0.05) is 29.4 Å². The minimum absolute atomic E-state index is 0.520. The number of para-hydroxylation sites is 1. The SMILES string of the molecule is c1ccc2oc(-c3csc(C4CCN(Cc5cn6ncccc6n5)CC4)n3)cc2c1. The lowest BCUT2D eigenvalue weighted by Crippen LogP contribution is -2.32. The Bertz CT molecular complexity index is 1250. The molecule has 1 fully saturated rings. The predicted octanol–water partition coefficient (Wildman–Crippen LogP) is 4.98. The van der Waals surface area contributed by atoms with Crippen LogP contribution in [0.1, 0.15) is 29.5 Å². The van der Waals surface area contributed by atoms with Gasteiger partial charge in [-0.2, -0.15) is 5.10 Å². The molecular formula is C23H21N5OS. The van der Waals surface area contributed by atoms with E-state index in [1.807, 2.05) is 41.0 Å². The Hall–Kier alpha value is -3.03. The first-order chi connectivity index (χ1) is 14.8. The summed E-state index contributed by atoms with van der Waals surface area (Å²) in [7, 11) is 0. The van der Waals surface area contributed by atoms with Crippen molar-refractivity contribution in [3.63, 3.8) is 0 Å². The molecule has 0 spiro atoms. The molecule has 0 bridgehead atoms. The monoisotopic (exact) mass is 415 g/mol. The molecule has 0 radical (unpaired) electrons. The maximum absolute atomic E-state index is 5.99. The summed E-state index contributed by atoms with van der Waals surface area (Å²) < 4.78 is 7.83. The van der Waals surface area contributed by atoms with Gasteiger partial charge in [0.1, 0.15) is 11.3 Å². The van der Waals surface area contributed by atoms with Crippen LogP contribution in [0.2, 0.25) is 0 Å². The van der Waals surface area contributed by atoms with Crippen molar-refractivity contribution in [3.05, 3.63) is 70.9 Å². The van der Waals surface area contributed by atoms with E-state index in [9.17, 15) is 0 Å². The standard InChI is InChI=1S/C23H21N5OS/c1-2-5-20-17(4-1)12-21(29-20)19-15-30-23(26-19)16-7-10-27(11-8-16)13-18-14-28-22(25-18)6-3-9-24-28/h1-6,9,12,14-16H,7-8,10-11,13H2. The van der Waals surface area contributed by atoms with Crippen molar-refractivity contribution in [1.29, 1.82) is 0 Å². The van der Waals surface area contributed by atoms with Crippen LogP contribution >= 0.6 is 11.3 Å². The second-order valence-electron chi connectivity index (χ2n) is 7.83. The summed E-state index contributed by atoms with van der Waals surface area (Å²) in [4.78, 5) is 12.1. The number of imidazole rings is 1. The minimum atomic E-state index is 0.520. The zero-order chi connectivity index (χ0) is 19.9. The quantitative estimate of drug-likeness (QED) is 0.414. The van der Waals surface area contributed by atoms with Crippen molar-refractivity contribution in [1.82, 2.24) is 24.5 Å². The van der Waals surface area contributed by atoms with Gasteiger partial charge in [-0.1, -0.05) is 18.2 Å². The molecular weight excluding hydrogens is 394 g/mol. The van der Waals surface area contributed by atoms with Crippen molar-refractivity contribution < 1.29 is 4.42 Å². The van der Waals surface area contributed by atoms with Crippen molar-refractivity contribution in [2.24, 2.45) is 0 Å². The smallest absolute Gasteiger partial charge is 0.154 e. The summed E-state index contributed by atoms with van der Waals surface area (Å²) in [5.41, 5.74) is 3.85. The van der Waals surface area contributed by atoms with E-state index in [2.05, 4.69) is 32.5 Å². The third-order valence-electron chi connectivity index (χ3n) is 5.81. The summed E-state index contributed by atoms with van der Waals surface area (Å²) >= 11 is 1.76. The molecule has 0 saturated carbocycles. The van der Waals surface area contributed by atoms with Gasteiger partial charge in [0.05, 0.1) is 16.9 Å². The highest BCUT2D eigenvalue weighted by Crippen LogP contribution is 2.34. The minimum Gasteiger partial charge on any atom is -0.454 e. The van der Waals surface area contributed by atoms with E-state index in [1.165, 1.54) is 5.01 Å².